The van der Waals surface area contributed by atoms with E-state index in [1.807, 2.05) is 18.2 Å². The van der Waals surface area contributed by atoms with Gasteiger partial charge in [-0.1, -0.05) is 44.1 Å². The summed E-state index contributed by atoms with van der Waals surface area (Å²) in [4.78, 5) is 11.1. The standard InChI is InChI=1S/C21H37NO5/c1-3-4-10-17(22)18(23)13-12-16-15(19(24)14-20(16)25)9-7-5-6-8-11-21(26)27-2/h5,7,12-13,15-20,23-25H,3-4,6,8-11,14,22H2,1-2H3/b7-5-,13-12+/t15-,16-,17+,18+,19+,20-/m1/s1. The summed E-state index contributed by atoms with van der Waals surface area (Å²) < 4.78 is 4.60. The van der Waals surface area contributed by atoms with Crippen LogP contribution in [-0.2, 0) is 9.53 Å². The Morgan fingerprint density at radius 1 is 1.26 bits per heavy atom. The third kappa shape index (κ3) is 8.56. The summed E-state index contributed by atoms with van der Waals surface area (Å²) in [6.45, 7) is 2.08. The highest BCUT2D eigenvalue weighted by Gasteiger charge is 2.39. The van der Waals surface area contributed by atoms with Crippen molar-refractivity contribution >= 4 is 5.97 Å². The van der Waals surface area contributed by atoms with Crippen LogP contribution in [0.5, 0.6) is 0 Å². The van der Waals surface area contributed by atoms with Crippen LogP contribution < -0.4 is 5.73 Å². The number of esters is 1. The monoisotopic (exact) mass is 383 g/mol. The van der Waals surface area contributed by atoms with Gasteiger partial charge in [-0.25, -0.2) is 0 Å². The van der Waals surface area contributed by atoms with E-state index in [1.54, 1.807) is 6.08 Å². The largest absolute Gasteiger partial charge is 0.469 e. The van der Waals surface area contributed by atoms with Crippen LogP contribution in [0.4, 0.5) is 0 Å². The van der Waals surface area contributed by atoms with Gasteiger partial charge in [0.1, 0.15) is 0 Å². The molecule has 6 nitrogen and oxygen atoms in total. The Labute approximate surface area is 163 Å². The van der Waals surface area contributed by atoms with Gasteiger partial charge in [0.05, 0.1) is 25.4 Å². The number of ether oxygens (including phenoxy) is 1. The Morgan fingerprint density at radius 3 is 2.67 bits per heavy atom. The van der Waals surface area contributed by atoms with Crippen molar-refractivity contribution < 1.29 is 24.9 Å². The molecule has 0 radical (unpaired) electrons. The number of methoxy groups -OCH3 is 1. The lowest BCUT2D eigenvalue weighted by Gasteiger charge is -2.21. The van der Waals surface area contributed by atoms with Crippen molar-refractivity contribution in [2.75, 3.05) is 7.11 Å². The maximum Gasteiger partial charge on any atom is 0.305 e. The zero-order valence-electron chi connectivity index (χ0n) is 16.7. The third-order valence-electron chi connectivity index (χ3n) is 5.33. The molecule has 1 aliphatic carbocycles. The van der Waals surface area contributed by atoms with Gasteiger partial charge in [0.15, 0.2) is 0 Å². The Kier molecular flexibility index (Phi) is 11.5. The number of carbonyl (C=O) groups excluding carboxylic acids is 1. The molecule has 0 aromatic carbocycles. The zero-order valence-corrected chi connectivity index (χ0v) is 16.7. The second kappa shape index (κ2) is 13.0. The maximum absolute atomic E-state index is 11.1. The molecule has 1 saturated carbocycles. The number of hydrogen-bond acceptors (Lipinski definition) is 6. The van der Waals surface area contributed by atoms with Gasteiger partial charge in [0.25, 0.3) is 0 Å². The van der Waals surface area contributed by atoms with Gasteiger partial charge in [-0.2, -0.15) is 0 Å². The summed E-state index contributed by atoms with van der Waals surface area (Å²) in [5, 5.41) is 30.7. The number of aliphatic hydroxyl groups excluding tert-OH is 3. The molecule has 0 heterocycles. The van der Waals surface area contributed by atoms with Gasteiger partial charge in [-0.15, -0.1) is 0 Å². The number of hydrogen-bond donors (Lipinski definition) is 4. The predicted molar refractivity (Wildman–Crippen MR) is 106 cm³/mol. The Hall–Kier alpha value is -1.21. The number of unbranched alkanes of at least 4 members (excludes halogenated alkanes) is 2. The molecule has 1 fully saturated rings. The highest BCUT2D eigenvalue weighted by Crippen LogP contribution is 2.36. The minimum absolute atomic E-state index is 0.0906. The zero-order chi connectivity index (χ0) is 20.2. The predicted octanol–water partition coefficient (Wildman–Crippen LogP) is 2.07. The molecule has 0 spiro atoms. The molecule has 1 aliphatic rings. The van der Waals surface area contributed by atoms with E-state index in [2.05, 4.69) is 11.7 Å². The summed E-state index contributed by atoms with van der Waals surface area (Å²) in [7, 11) is 1.38. The van der Waals surface area contributed by atoms with Crippen molar-refractivity contribution in [2.45, 2.75) is 82.6 Å². The summed E-state index contributed by atoms with van der Waals surface area (Å²) in [6.07, 6.45) is 11.2. The molecule has 6 heteroatoms. The number of aliphatic hydroxyl groups is 3. The van der Waals surface area contributed by atoms with E-state index >= 15 is 0 Å². The Bertz CT molecular complexity index is 479. The molecule has 0 saturated heterocycles. The minimum Gasteiger partial charge on any atom is -0.469 e. The number of nitrogens with two attached hydrogens (primary N) is 1. The quantitative estimate of drug-likeness (QED) is 0.233. The fraction of sp³-hybridized carbons (Fsp3) is 0.762. The first-order chi connectivity index (χ1) is 12.9. The number of carbonyl (C=O) groups is 1. The second-order valence-electron chi connectivity index (χ2n) is 7.47. The molecule has 0 amide bonds. The average molecular weight is 384 g/mol. The van der Waals surface area contributed by atoms with Crippen molar-refractivity contribution in [1.82, 2.24) is 0 Å². The SMILES string of the molecule is CCCC[C@H](N)[C@@H](O)/C=C/[C@@H]1[C@@H](C/C=C\CCCC(=O)OC)[C@@H](O)C[C@H]1O. The van der Waals surface area contributed by atoms with Gasteiger partial charge in [0.2, 0.25) is 0 Å². The third-order valence-corrected chi connectivity index (χ3v) is 5.33. The lowest BCUT2D eigenvalue weighted by Crippen LogP contribution is -2.33. The molecular formula is C21H37NO5. The van der Waals surface area contributed by atoms with Crippen LogP contribution in [0.15, 0.2) is 24.3 Å². The van der Waals surface area contributed by atoms with Crippen LogP contribution in [-0.4, -0.2) is 52.8 Å². The summed E-state index contributed by atoms with van der Waals surface area (Å²) in [5.74, 6) is -0.501. The van der Waals surface area contributed by atoms with E-state index in [0.717, 1.165) is 32.1 Å². The van der Waals surface area contributed by atoms with Gasteiger partial charge in [0, 0.05) is 24.8 Å². The normalized spacial score (nSPS) is 28.1. The maximum atomic E-state index is 11.1. The highest BCUT2D eigenvalue weighted by atomic mass is 16.5. The first kappa shape index (κ1) is 23.8. The topological polar surface area (TPSA) is 113 Å². The van der Waals surface area contributed by atoms with Crippen molar-refractivity contribution in [3.05, 3.63) is 24.3 Å². The highest BCUT2D eigenvalue weighted by molar-refractivity contribution is 5.69. The fourth-order valence-corrected chi connectivity index (χ4v) is 3.54. The fourth-order valence-electron chi connectivity index (χ4n) is 3.54. The van der Waals surface area contributed by atoms with Crippen LogP contribution in [0.25, 0.3) is 0 Å². The van der Waals surface area contributed by atoms with Crippen LogP contribution >= 0.6 is 0 Å². The van der Waals surface area contributed by atoms with Crippen molar-refractivity contribution in [1.29, 1.82) is 0 Å². The molecule has 156 valence electrons. The number of allylic oxidation sites excluding steroid dienone is 2. The van der Waals surface area contributed by atoms with Crippen molar-refractivity contribution in [3.8, 4) is 0 Å². The molecule has 27 heavy (non-hydrogen) atoms. The molecular weight excluding hydrogens is 346 g/mol. The van der Waals surface area contributed by atoms with Crippen molar-refractivity contribution in [3.63, 3.8) is 0 Å². The molecule has 5 N–H and O–H groups in total. The number of rotatable bonds is 12. The smallest absolute Gasteiger partial charge is 0.305 e. The molecule has 0 aliphatic heterocycles. The second-order valence-corrected chi connectivity index (χ2v) is 7.47. The Balaban J connectivity index is 2.51. The molecule has 1 rings (SSSR count). The summed E-state index contributed by atoms with van der Waals surface area (Å²) in [6, 6.07) is -0.308. The van der Waals surface area contributed by atoms with E-state index in [9.17, 15) is 20.1 Å². The summed E-state index contributed by atoms with van der Waals surface area (Å²) >= 11 is 0. The van der Waals surface area contributed by atoms with E-state index < -0.39 is 18.3 Å². The molecule has 0 aromatic heterocycles. The van der Waals surface area contributed by atoms with Gasteiger partial charge < -0.3 is 25.8 Å². The van der Waals surface area contributed by atoms with Crippen LogP contribution in [0, 0.1) is 11.8 Å². The summed E-state index contributed by atoms with van der Waals surface area (Å²) in [5.41, 5.74) is 5.99. The van der Waals surface area contributed by atoms with E-state index in [4.69, 9.17) is 5.73 Å². The first-order valence-electron chi connectivity index (χ1n) is 10.1. The average Bonchev–Trinajstić information content (AvgIpc) is 2.92. The molecule has 0 unspecified atom stereocenters. The van der Waals surface area contributed by atoms with Crippen LogP contribution in [0.2, 0.25) is 0 Å². The Morgan fingerprint density at radius 2 is 2.00 bits per heavy atom. The van der Waals surface area contributed by atoms with Crippen molar-refractivity contribution in [2.24, 2.45) is 17.6 Å². The van der Waals surface area contributed by atoms with Gasteiger partial charge in [-0.3, -0.25) is 4.79 Å². The minimum atomic E-state index is -0.740. The van der Waals surface area contributed by atoms with Crippen LogP contribution in [0.3, 0.4) is 0 Å². The first-order valence-corrected chi connectivity index (χ1v) is 10.1. The van der Waals surface area contributed by atoms with E-state index in [-0.39, 0.29) is 23.8 Å². The molecule has 0 bridgehead atoms. The van der Waals surface area contributed by atoms with Gasteiger partial charge >= 0.3 is 5.97 Å². The lowest BCUT2D eigenvalue weighted by molar-refractivity contribution is -0.140. The molecule has 6 atom stereocenters. The van der Waals surface area contributed by atoms with Gasteiger partial charge in [-0.05, 0) is 31.6 Å². The van der Waals surface area contributed by atoms with Crippen LogP contribution in [0.1, 0.15) is 58.3 Å². The molecule has 0 aromatic rings. The van der Waals surface area contributed by atoms with E-state index in [0.29, 0.717) is 19.3 Å². The lowest BCUT2D eigenvalue weighted by atomic mass is 9.89. The van der Waals surface area contributed by atoms with E-state index in [1.165, 1.54) is 7.11 Å².